The fourth-order valence-electron chi connectivity index (χ4n) is 2.28. The molecule has 1 aliphatic heterocycles. The van der Waals surface area contributed by atoms with Crippen molar-refractivity contribution in [3.63, 3.8) is 0 Å². The molecule has 4 heteroatoms. The van der Waals surface area contributed by atoms with Crippen LogP contribution in [0.15, 0.2) is 24.3 Å². The van der Waals surface area contributed by atoms with Crippen molar-refractivity contribution in [1.29, 1.82) is 0 Å². The van der Waals surface area contributed by atoms with Gasteiger partial charge in [-0.05, 0) is 24.1 Å². The normalized spacial score (nSPS) is 15.2. The highest BCUT2D eigenvalue weighted by atomic mass is 16.5. The van der Waals surface area contributed by atoms with Gasteiger partial charge in [-0.1, -0.05) is 19.1 Å². The van der Waals surface area contributed by atoms with Gasteiger partial charge >= 0.3 is 0 Å². The van der Waals surface area contributed by atoms with Crippen LogP contribution in [0.4, 0.5) is 0 Å². The molecule has 0 unspecified atom stereocenters. The first-order chi connectivity index (χ1) is 9.69. The summed E-state index contributed by atoms with van der Waals surface area (Å²) < 4.78 is 5.62. The monoisotopic (exact) mass is 275 g/mol. The van der Waals surface area contributed by atoms with Crippen molar-refractivity contribution < 1.29 is 14.3 Å². The zero-order chi connectivity index (χ0) is 14.4. The van der Waals surface area contributed by atoms with E-state index in [1.54, 1.807) is 4.90 Å². The maximum atomic E-state index is 12.0. The number of piperidine rings is 1. The van der Waals surface area contributed by atoms with Crippen LogP contribution in [0, 0.1) is 0 Å². The zero-order valence-electron chi connectivity index (χ0n) is 11.9. The highest BCUT2D eigenvalue weighted by Gasteiger charge is 2.20. The fourth-order valence-corrected chi connectivity index (χ4v) is 2.28. The first kappa shape index (κ1) is 14.6. The number of benzene rings is 1. The molecule has 0 N–H and O–H groups in total. The van der Waals surface area contributed by atoms with Crippen molar-refractivity contribution in [2.45, 2.75) is 32.6 Å². The van der Waals surface area contributed by atoms with Crippen molar-refractivity contribution in [3.05, 3.63) is 29.8 Å². The largest absolute Gasteiger partial charge is 0.493 e. The fraction of sp³-hybridized carbons (Fsp3) is 0.500. The second-order valence-corrected chi connectivity index (χ2v) is 5.02. The third-order valence-electron chi connectivity index (χ3n) is 3.57. The molecule has 1 fully saturated rings. The highest BCUT2D eigenvalue weighted by Crippen LogP contribution is 2.14. The van der Waals surface area contributed by atoms with E-state index in [2.05, 4.69) is 13.0 Å². The second kappa shape index (κ2) is 7.08. The van der Waals surface area contributed by atoms with E-state index < -0.39 is 0 Å². The summed E-state index contributed by atoms with van der Waals surface area (Å²) in [4.78, 5) is 24.8. The summed E-state index contributed by atoms with van der Waals surface area (Å²) in [6, 6.07) is 7.93. The van der Waals surface area contributed by atoms with Gasteiger partial charge < -0.3 is 9.64 Å². The third-order valence-corrected chi connectivity index (χ3v) is 3.57. The average molecular weight is 275 g/mol. The quantitative estimate of drug-likeness (QED) is 0.827. The Labute approximate surface area is 119 Å². The summed E-state index contributed by atoms with van der Waals surface area (Å²) >= 11 is 0. The lowest BCUT2D eigenvalue weighted by Crippen LogP contribution is -2.39. The summed E-state index contributed by atoms with van der Waals surface area (Å²) in [5, 5.41) is 0. The molecule has 0 radical (unpaired) electrons. The Morgan fingerprint density at radius 2 is 2.05 bits per heavy atom. The van der Waals surface area contributed by atoms with Gasteiger partial charge in [-0.2, -0.15) is 0 Å². The van der Waals surface area contributed by atoms with E-state index in [4.69, 9.17) is 4.74 Å². The van der Waals surface area contributed by atoms with Gasteiger partial charge in [0.25, 0.3) is 0 Å². The molecule has 2 rings (SSSR count). The Kier molecular flexibility index (Phi) is 5.16. The summed E-state index contributed by atoms with van der Waals surface area (Å²) in [5.74, 6) is 1.14. The van der Waals surface area contributed by atoms with Crippen LogP contribution in [0.25, 0.3) is 0 Å². The van der Waals surface area contributed by atoms with Gasteiger partial charge in [0.1, 0.15) is 11.5 Å². The number of hydrogen-bond acceptors (Lipinski definition) is 3. The van der Waals surface area contributed by atoms with Crippen LogP contribution in [-0.4, -0.2) is 36.3 Å². The predicted molar refractivity (Wildman–Crippen MR) is 76.8 cm³/mol. The van der Waals surface area contributed by atoms with Gasteiger partial charge in [-0.25, -0.2) is 0 Å². The van der Waals surface area contributed by atoms with E-state index in [9.17, 15) is 9.59 Å². The number of nitrogens with zero attached hydrogens (tertiary/aromatic N) is 1. The number of carbonyl (C=O) groups excluding carboxylic acids is 2. The standard InChI is InChI=1S/C16H21NO3/c1-2-13-4-3-5-15(12-13)20-11-8-16(19)17-9-6-14(18)7-10-17/h3-5,12H,2,6-11H2,1H3. The predicted octanol–water partition coefficient (Wildman–Crippen LogP) is 2.21. The number of Topliss-reactive ketones (excluding diaryl/α,β-unsaturated/α-hetero) is 1. The highest BCUT2D eigenvalue weighted by molar-refractivity contribution is 5.83. The molecule has 0 bridgehead atoms. The summed E-state index contributed by atoms with van der Waals surface area (Å²) in [7, 11) is 0. The lowest BCUT2D eigenvalue weighted by Gasteiger charge is -2.26. The number of likely N-dealkylation sites (tertiary alicyclic amines) is 1. The number of aryl methyl sites for hydroxylation is 1. The number of rotatable bonds is 5. The number of ether oxygens (including phenoxy) is 1. The van der Waals surface area contributed by atoms with E-state index in [1.807, 2.05) is 18.2 Å². The van der Waals surface area contributed by atoms with Crippen molar-refractivity contribution in [2.24, 2.45) is 0 Å². The third kappa shape index (κ3) is 4.08. The lowest BCUT2D eigenvalue weighted by molar-refractivity contribution is -0.134. The minimum atomic E-state index is 0.0733. The molecular formula is C16H21NO3. The smallest absolute Gasteiger partial charge is 0.226 e. The molecule has 1 amide bonds. The Morgan fingerprint density at radius 3 is 2.75 bits per heavy atom. The van der Waals surface area contributed by atoms with Crippen molar-refractivity contribution in [1.82, 2.24) is 4.90 Å². The maximum Gasteiger partial charge on any atom is 0.226 e. The molecule has 108 valence electrons. The van der Waals surface area contributed by atoms with Gasteiger partial charge in [-0.15, -0.1) is 0 Å². The Morgan fingerprint density at radius 1 is 1.30 bits per heavy atom. The van der Waals surface area contributed by atoms with Gasteiger partial charge in [-0.3, -0.25) is 9.59 Å². The van der Waals surface area contributed by atoms with E-state index >= 15 is 0 Å². The molecule has 0 aliphatic carbocycles. The lowest BCUT2D eigenvalue weighted by atomic mass is 10.1. The topological polar surface area (TPSA) is 46.6 Å². The van der Waals surface area contributed by atoms with E-state index in [-0.39, 0.29) is 11.7 Å². The van der Waals surface area contributed by atoms with Crippen molar-refractivity contribution >= 4 is 11.7 Å². The Bertz CT molecular complexity index is 474. The van der Waals surface area contributed by atoms with Gasteiger partial charge in [0, 0.05) is 25.9 Å². The van der Waals surface area contributed by atoms with Gasteiger partial charge in [0.05, 0.1) is 13.0 Å². The molecule has 0 spiro atoms. The number of ketones is 1. The molecule has 1 heterocycles. The van der Waals surface area contributed by atoms with E-state index in [1.165, 1.54) is 5.56 Å². The second-order valence-electron chi connectivity index (χ2n) is 5.02. The first-order valence-corrected chi connectivity index (χ1v) is 7.20. The van der Waals surface area contributed by atoms with Crippen LogP contribution in [0.2, 0.25) is 0 Å². The number of amides is 1. The SMILES string of the molecule is CCc1cccc(OCCC(=O)N2CCC(=O)CC2)c1. The molecule has 1 aromatic rings. The molecule has 20 heavy (non-hydrogen) atoms. The zero-order valence-corrected chi connectivity index (χ0v) is 11.9. The molecule has 0 aromatic heterocycles. The van der Waals surface area contributed by atoms with Crippen molar-refractivity contribution in [2.75, 3.05) is 19.7 Å². The Balaban J connectivity index is 1.74. The molecule has 1 aliphatic rings. The number of carbonyl (C=O) groups is 2. The summed E-state index contributed by atoms with van der Waals surface area (Å²) in [5.41, 5.74) is 1.23. The van der Waals surface area contributed by atoms with Crippen LogP contribution in [-0.2, 0) is 16.0 Å². The number of hydrogen-bond donors (Lipinski definition) is 0. The summed E-state index contributed by atoms with van der Waals surface area (Å²) in [6.45, 7) is 3.60. The molecular weight excluding hydrogens is 254 g/mol. The van der Waals surface area contributed by atoms with E-state index in [0.29, 0.717) is 39.0 Å². The first-order valence-electron chi connectivity index (χ1n) is 7.20. The van der Waals surface area contributed by atoms with Gasteiger partial charge in [0.15, 0.2) is 0 Å². The summed E-state index contributed by atoms with van der Waals surface area (Å²) in [6.07, 6.45) is 2.32. The average Bonchev–Trinajstić information content (AvgIpc) is 2.48. The molecule has 0 saturated carbocycles. The van der Waals surface area contributed by atoms with Gasteiger partial charge in [0.2, 0.25) is 5.91 Å². The molecule has 4 nitrogen and oxygen atoms in total. The van der Waals surface area contributed by atoms with Crippen LogP contribution >= 0.6 is 0 Å². The van der Waals surface area contributed by atoms with Crippen LogP contribution in [0.3, 0.4) is 0 Å². The maximum absolute atomic E-state index is 12.0. The van der Waals surface area contributed by atoms with Crippen LogP contribution in [0.5, 0.6) is 5.75 Å². The van der Waals surface area contributed by atoms with E-state index in [0.717, 1.165) is 12.2 Å². The minimum Gasteiger partial charge on any atom is -0.493 e. The molecule has 1 aromatic carbocycles. The molecule has 1 saturated heterocycles. The van der Waals surface area contributed by atoms with Crippen molar-refractivity contribution in [3.8, 4) is 5.75 Å². The van der Waals surface area contributed by atoms with Crippen LogP contribution in [0.1, 0.15) is 31.7 Å². The molecule has 0 atom stereocenters. The van der Waals surface area contributed by atoms with Crippen LogP contribution < -0.4 is 4.74 Å². The Hall–Kier alpha value is -1.84. The minimum absolute atomic E-state index is 0.0733.